The minimum Gasteiger partial charge on any atom is -0.481 e. The Hall–Kier alpha value is -3.35. The van der Waals surface area contributed by atoms with Crippen molar-refractivity contribution in [3.8, 4) is 11.1 Å². The molecule has 0 unspecified atom stereocenters. The van der Waals surface area contributed by atoms with Gasteiger partial charge in [-0.25, -0.2) is 4.79 Å². The molecule has 3 atom stereocenters. The number of hydrogen-bond acceptors (Lipinski definition) is 4. The number of carbonyl (C=O) groups excluding carboxylic acids is 2. The summed E-state index contributed by atoms with van der Waals surface area (Å²) in [6.07, 6.45) is 1.27. The van der Waals surface area contributed by atoms with Crippen molar-refractivity contribution < 1.29 is 24.2 Å². The quantitative estimate of drug-likeness (QED) is 0.540. The molecular weight excluding hydrogens is 432 g/mol. The Balaban J connectivity index is 1.32. The number of carboxylic acid groups (broad SMARTS) is 1. The van der Waals surface area contributed by atoms with Crippen LogP contribution in [0.1, 0.15) is 56.6 Å². The summed E-state index contributed by atoms with van der Waals surface area (Å²) in [5.41, 5.74) is 4.63. The van der Waals surface area contributed by atoms with Crippen LogP contribution in [-0.4, -0.2) is 41.8 Å². The molecule has 0 radical (unpaired) electrons. The topological polar surface area (TPSA) is 105 Å². The van der Waals surface area contributed by atoms with Crippen molar-refractivity contribution in [2.24, 2.45) is 11.8 Å². The predicted octanol–water partition coefficient (Wildman–Crippen LogP) is 4.31. The number of fused-ring (bicyclic) bond motifs is 3. The van der Waals surface area contributed by atoms with Crippen molar-refractivity contribution in [1.82, 2.24) is 10.6 Å². The number of rotatable bonds is 8. The summed E-state index contributed by atoms with van der Waals surface area (Å²) in [5, 5.41) is 14.9. The fourth-order valence-corrected chi connectivity index (χ4v) is 5.07. The zero-order chi connectivity index (χ0) is 24.2. The number of benzene rings is 2. The highest BCUT2D eigenvalue weighted by Crippen LogP contribution is 2.44. The lowest BCUT2D eigenvalue weighted by Crippen LogP contribution is -2.44. The minimum atomic E-state index is -0.811. The second-order valence-electron chi connectivity index (χ2n) is 9.64. The van der Waals surface area contributed by atoms with Crippen LogP contribution >= 0.6 is 0 Å². The minimum absolute atomic E-state index is 0.0245. The molecule has 7 heteroatoms. The number of carbonyl (C=O) groups is 3. The second kappa shape index (κ2) is 10.3. The van der Waals surface area contributed by atoms with Crippen LogP contribution in [0.15, 0.2) is 48.5 Å². The molecule has 2 aromatic rings. The lowest BCUT2D eigenvalue weighted by atomic mass is 9.98. The molecule has 0 bridgehead atoms. The van der Waals surface area contributed by atoms with Gasteiger partial charge < -0.3 is 20.5 Å². The SMILES string of the molecule is CC(C)[C@H](CC(=O)N[C@@H]1CC[C@H](C(=O)O)C1)NC(=O)OCC1c2ccccc2-c2ccccc21. The van der Waals surface area contributed by atoms with Crippen LogP contribution in [0.3, 0.4) is 0 Å². The monoisotopic (exact) mass is 464 g/mol. The fourth-order valence-electron chi connectivity index (χ4n) is 5.07. The molecule has 2 aliphatic rings. The zero-order valence-electron chi connectivity index (χ0n) is 19.6. The van der Waals surface area contributed by atoms with Gasteiger partial charge in [0.05, 0.1) is 5.92 Å². The van der Waals surface area contributed by atoms with Gasteiger partial charge in [-0.3, -0.25) is 9.59 Å². The first-order chi connectivity index (χ1) is 16.3. The van der Waals surface area contributed by atoms with Gasteiger partial charge in [0.25, 0.3) is 0 Å². The van der Waals surface area contributed by atoms with Gasteiger partial charge in [0.2, 0.25) is 5.91 Å². The molecule has 0 heterocycles. The molecule has 180 valence electrons. The molecule has 2 aliphatic carbocycles. The van der Waals surface area contributed by atoms with Crippen LogP contribution in [0.25, 0.3) is 11.1 Å². The van der Waals surface area contributed by atoms with E-state index in [1.54, 1.807) is 0 Å². The molecule has 0 saturated heterocycles. The Labute approximate surface area is 199 Å². The summed E-state index contributed by atoms with van der Waals surface area (Å²) in [4.78, 5) is 36.4. The average Bonchev–Trinajstić information content (AvgIpc) is 3.40. The highest BCUT2D eigenvalue weighted by atomic mass is 16.5. The maximum Gasteiger partial charge on any atom is 0.407 e. The number of alkyl carbamates (subject to hydrolysis) is 1. The van der Waals surface area contributed by atoms with Crippen molar-refractivity contribution in [3.63, 3.8) is 0 Å². The van der Waals surface area contributed by atoms with E-state index in [9.17, 15) is 14.4 Å². The normalized spacial score (nSPS) is 19.9. The molecular formula is C27H32N2O5. The van der Waals surface area contributed by atoms with Gasteiger partial charge in [0, 0.05) is 24.4 Å². The van der Waals surface area contributed by atoms with E-state index in [2.05, 4.69) is 34.9 Å². The summed E-state index contributed by atoms with van der Waals surface area (Å²) in [7, 11) is 0. The van der Waals surface area contributed by atoms with Crippen LogP contribution in [0.4, 0.5) is 4.79 Å². The summed E-state index contributed by atoms with van der Waals surface area (Å²) < 4.78 is 5.63. The van der Waals surface area contributed by atoms with E-state index >= 15 is 0 Å². The largest absolute Gasteiger partial charge is 0.481 e. The molecule has 1 saturated carbocycles. The van der Waals surface area contributed by atoms with Crippen LogP contribution in [0.5, 0.6) is 0 Å². The Kier molecular flexibility index (Phi) is 7.20. The van der Waals surface area contributed by atoms with Crippen molar-refractivity contribution in [2.45, 2.75) is 57.5 Å². The van der Waals surface area contributed by atoms with Crippen LogP contribution in [-0.2, 0) is 14.3 Å². The summed E-state index contributed by atoms with van der Waals surface area (Å²) in [6, 6.07) is 15.8. The maximum atomic E-state index is 12.7. The van der Waals surface area contributed by atoms with Gasteiger partial charge >= 0.3 is 12.1 Å². The lowest BCUT2D eigenvalue weighted by molar-refractivity contribution is -0.141. The van der Waals surface area contributed by atoms with E-state index in [1.807, 2.05) is 38.1 Å². The zero-order valence-corrected chi connectivity index (χ0v) is 19.6. The second-order valence-corrected chi connectivity index (χ2v) is 9.64. The molecule has 2 amide bonds. The van der Waals surface area contributed by atoms with Gasteiger partial charge in [-0.1, -0.05) is 62.4 Å². The Morgan fingerprint density at radius 1 is 1.00 bits per heavy atom. The average molecular weight is 465 g/mol. The highest BCUT2D eigenvalue weighted by molar-refractivity contribution is 5.80. The fraction of sp³-hybridized carbons (Fsp3) is 0.444. The third-order valence-corrected chi connectivity index (χ3v) is 7.00. The molecule has 0 spiro atoms. The molecule has 1 fully saturated rings. The van der Waals surface area contributed by atoms with E-state index in [1.165, 1.54) is 11.1 Å². The van der Waals surface area contributed by atoms with E-state index in [0.717, 1.165) is 11.1 Å². The standard InChI is InChI=1S/C27H32N2O5/c1-16(2)24(14-25(30)28-18-12-11-17(13-18)26(31)32)29-27(33)34-15-23-21-9-5-3-7-19(21)20-8-4-6-10-22(20)23/h3-10,16-18,23-24H,11-15H2,1-2H3,(H,28,30)(H,29,33)(H,31,32)/t17-,18+,24-/m0/s1. The van der Waals surface area contributed by atoms with E-state index in [0.29, 0.717) is 19.3 Å². The molecule has 4 rings (SSSR count). The summed E-state index contributed by atoms with van der Waals surface area (Å²) >= 11 is 0. The molecule has 34 heavy (non-hydrogen) atoms. The predicted molar refractivity (Wildman–Crippen MR) is 128 cm³/mol. The first kappa shape index (κ1) is 23.8. The Bertz CT molecular complexity index is 1020. The van der Waals surface area contributed by atoms with E-state index < -0.39 is 18.0 Å². The number of carboxylic acids is 1. The summed E-state index contributed by atoms with van der Waals surface area (Å²) in [6.45, 7) is 4.10. The first-order valence-corrected chi connectivity index (χ1v) is 12.0. The number of ether oxygens (including phenoxy) is 1. The first-order valence-electron chi connectivity index (χ1n) is 12.0. The smallest absolute Gasteiger partial charge is 0.407 e. The van der Waals surface area contributed by atoms with Crippen LogP contribution in [0.2, 0.25) is 0 Å². The van der Waals surface area contributed by atoms with Crippen molar-refractivity contribution >= 4 is 18.0 Å². The Morgan fingerprint density at radius 2 is 1.62 bits per heavy atom. The number of hydrogen-bond donors (Lipinski definition) is 3. The van der Waals surface area contributed by atoms with Gasteiger partial charge in [-0.2, -0.15) is 0 Å². The van der Waals surface area contributed by atoms with E-state index in [-0.39, 0.29) is 42.9 Å². The third-order valence-electron chi connectivity index (χ3n) is 7.00. The number of aliphatic carboxylic acids is 1. The highest BCUT2D eigenvalue weighted by Gasteiger charge is 2.32. The van der Waals surface area contributed by atoms with Gasteiger partial charge in [0.15, 0.2) is 0 Å². The van der Waals surface area contributed by atoms with Crippen LogP contribution < -0.4 is 10.6 Å². The maximum absolute atomic E-state index is 12.7. The molecule has 2 aromatic carbocycles. The third kappa shape index (κ3) is 5.24. The van der Waals surface area contributed by atoms with Gasteiger partial charge in [-0.15, -0.1) is 0 Å². The number of nitrogens with one attached hydrogen (secondary N) is 2. The van der Waals surface area contributed by atoms with Crippen molar-refractivity contribution in [3.05, 3.63) is 59.7 Å². The lowest BCUT2D eigenvalue weighted by Gasteiger charge is -2.23. The molecule has 0 aromatic heterocycles. The van der Waals surface area contributed by atoms with Crippen molar-refractivity contribution in [1.29, 1.82) is 0 Å². The Morgan fingerprint density at radius 3 is 2.18 bits per heavy atom. The number of amides is 2. The van der Waals surface area contributed by atoms with Gasteiger partial charge in [0.1, 0.15) is 6.61 Å². The van der Waals surface area contributed by atoms with E-state index in [4.69, 9.17) is 9.84 Å². The molecule has 7 nitrogen and oxygen atoms in total. The molecule has 0 aliphatic heterocycles. The van der Waals surface area contributed by atoms with Crippen molar-refractivity contribution in [2.75, 3.05) is 6.61 Å². The summed E-state index contributed by atoms with van der Waals surface area (Å²) in [5.74, 6) is -1.39. The molecule has 3 N–H and O–H groups in total. The van der Waals surface area contributed by atoms with Gasteiger partial charge in [-0.05, 0) is 47.4 Å². The van der Waals surface area contributed by atoms with Crippen LogP contribution in [0, 0.1) is 11.8 Å².